The zero-order chi connectivity index (χ0) is 16.2. The topological polar surface area (TPSA) is 42.2 Å². The highest BCUT2D eigenvalue weighted by Gasteiger charge is 2.19. The van der Waals surface area contributed by atoms with E-state index in [1.807, 2.05) is 12.3 Å². The maximum absolute atomic E-state index is 14.2. The molecule has 23 heavy (non-hydrogen) atoms. The van der Waals surface area contributed by atoms with Crippen molar-refractivity contribution < 1.29 is 4.39 Å². The van der Waals surface area contributed by atoms with E-state index in [1.54, 1.807) is 23.5 Å². The van der Waals surface area contributed by atoms with Crippen LogP contribution in [0.25, 0.3) is 16.6 Å². The van der Waals surface area contributed by atoms with Gasteiger partial charge >= 0.3 is 0 Å². The van der Waals surface area contributed by atoms with Gasteiger partial charge < -0.3 is 5.73 Å². The van der Waals surface area contributed by atoms with Crippen LogP contribution >= 0.6 is 11.3 Å². The molecule has 0 atom stereocenters. The first-order valence-electron chi connectivity index (χ1n) is 7.99. The van der Waals surface area contributed by atoms with Gasteiger partial charge in [0.1, 0.15) is 10.8 Å². The van der Waals surface area contributed by atoms with Crippen LogP contribution < -0.4 is 5.73 Å². The number of rotatable bonds is 5. The molecule has 2 aromatic rings. The van der Waals surface area contributed by atoms with Gasteiger partial charge in [-0.15, -0.1) is 11.3 Å². The third-order valence-electron chi connectivity index (χ3n) is 4.45. The molecule has 0 amide bonds. The molecule has 1 fully saturated rings. The highest BCUT2D eigenvalue weighted by atomic mass is 32.1. The van der Waals surface area contributed by atoms with Gasteiger partial charge in [-0.1, -0.05) is 24.8 Å². The lowest BCUT2D eigenvalue weighted by atomic mass is 9.97. The van der Waals surface area contributed by atoms with E-state index in [-0.39, 0.29) is 5.82 Å². The van der Waals surface area contributed by atoms with E-state index in [4.69, 9.17) is 5.73 Å². The maximum atomic E-state index is 14.2. The Bertz CT molecular complexity index is 675. The smallest absolute Gasteiger partial charge is 0.134 e. The predicted molar refractivity (Wildman–Crippen MR) is 94.7 cm³/mol. The first-order valence-corrected chi connectivity index (χ1v) is 8.81. The van der Waals surface area contributed by atoms with E-state index in [0.29, 0.717) is 11.5 Å². The van der Waals surface area contributed by atoms with Crippen LogP contribution in [0.15, 0.2) is 31.0 Å². The van der Waals surface area contributed by atoms with Gasteiger partial charge in [0.25, 0.3) is 0 Å². The molecule has 1 aromatic heterocycles. The molecule has 3 nitrogen and oxygen atoms in total. The Morgan fingerprint density at radius 1 is 1.39 bits per heavy atom. The summed E-state index contributed by atoms with van der Waals surface area (Å²) in [6.45, 7) is 7.59. The number of benzene rings is 1. The average molecular weight is 331 g/mol. The minimum atomic E-state index is -0.243. The van der Waals surface area contributed by atoms with Gasteiger partial charge in [-0.2, -0.15) is 0 Å². The van der Waals surface area contributed by atoms with Crippen LogP contribution in [0, 0.1) is 11.7 Å². The van der Waals surface area contributed by atoms with E-state index in [2.05, 4.69) is 16.5 Å². The minimum absolute atomic E-state index is 0.243. The quantitative estimate of drug-likeness (QED) is 0.907. The molecule has 0 saturated carbocycles. The van der Waals surface area contributed by atoms with Crippen molar-refractivity contribution >= 4 is 17.4 Å². The number of nitrogens with zero attached hydrogens (tertiary/aromatic N) is 2. The summed E-state index contributed by atoms with van der Waals surface area (Å²) in [7, 11) is 0. The van der Waals surface area contributed by atoms with Crippen molar-refractivity contribution in [2.75, 3.05) is 19.6 Å². The average Bonchev–Trinajstić information content (AvgIpc) is 3.03. The Balaban J connectivity index is 1.73. The summed E-state index contributed by atoms with van der Waals surface area (Å²) >= 11 is 1.56. The Morgan fingerprint density at radius 2 is 2.17 bits per heavy atom. The van der Waals surface area contributed by atoms with Crippen molar-refractivity contribution in [3.63, 3.8) is 0 Å². The molecule has 0 radical (unpaired) electrons. The van der Waals surface area contributed by atoms with Crippen LogP contribution in [-0.4, -0.2) is 29.5 Å². The van der Waals surface area contributed by atoms with Gasteiger partial charge in [0.2, 0.25) is 0 Å². The van der Waals surface area contributed by atoms with Crippen LogP contribution in [0.2, 0.25) is 0 Å². The lowest BCUT2D eigenvalue weighted by Crippen LogP contribution is -2.35. The van der Waals surface area contributed by atoms with Crippen molar-refractivity contribution in [2.24, 2.45) is 11.7 Å². The zero-order valence-electron chi connectivity index (χ0n) is 13.2. The van der Waals surface area contributed by atoms with Crippen LogP contribution in [-0.2, 0) is 6.54 Å². The fourth-order valence-corrected chi connectivity index (χ4v) is 4.06. The number of hydrogen-bond acceptors (Lipinski definition) is 4. The number of hydrogen-bond donors (Lipinski definition) is 1. The van der Waals surface area contributed by atoms with Crippen LogP contribution in [0.1, 0.15) is 23.3 Å². The van der Waals surface area contributed by atoms with Crippen molar-refractivity contribution in [3.05, 3.63) is 47.2 Å². The fraction of sp³-hybridized carbons (Fsp3) is 0.389. The monoisotopic (exact) mass is 331 g/mol. The summed E-state index contributed by atoms with van der Waals surface area (Å²) in [4.78, 5) is 8.04. The van der Waals surface area contributed by atoms with Gasteiger partial charge in [0.05, 0.1) is 5.56 Å². The highest BCUT2D eigenvalue weighted by molar-refractivity contribution is 7.15. The third kappa shape index (κ3) is 3.68. The Morgan fingerprint density at radius 3 is 2.87 bits per heavy atom. The number of nitrogens with two attached hydrogens (primary N) is 1. The number of piperidine rings is 1. The Hall–Kier alpha value is -1.56. The van der Waals surface area contributed by atoms with Gasteiger partial charge in [0, 0.05) is 17.6 Å². The zero-order valence-corrected chi connectivity index (χ0v) is 14.0. The van der Waals surface area contributed by atoms with Crippen molar-refractivity contribution in [1.29, 1.82) is 0 Å². The molecular formula is C18H22FN3S. The van der Waals surface area contributed by atoms with Gasteiger partial charge in [-0.3, -0.25) is 4.90 Å². The second-order valence-corrected chi connectivity index (χ2v) is 7.11. The summed E-state index contributed by atoms with van der Waals surface area (Å²) in [5, 5.41) is 0.727. The molecule has 122 valence electrons. The van der Waals surface area contributed by atoms with Crippen molar-refractivity contribution in [1.82, 2.24) is 9.88 Å². The van der Waals surface area contributed by atoms with Gasteiger partial charge in [-0.25, -0.2) is 9.37 Å². The Kier molecular flexibility index (Phi) is 5.20. The molecule has 2 heterocycles. The predicted octanol–water partition coefficient (Wildman–Crippen LogP) is 3.76. The molecule has 1 aliphatic heterocycles. The molecule has 1 saturated heterocycles. The fourth-order valence-electron chi connectivity index (χ4n) is 3.03. The van der Waals surface area contributed by atoms with E-state index in [9.17, 15) is 4.39 Å². The lowest BCUT2D eigenvalue weighted by molar-refractivity contribution is 0.182. The number of thiazole rings is 1. The van der Waals surface area contributed by atoms with E-state index in [1.165, 1.54) is 10.9 Å². The largest absolute Gasteiger partial charge is 0.330 e. The van der Waals surface area contributed by atoms with Crippen LogP contribution in [0.5, 0.6) is 0 Å². The number of halogens is 1. The molecular weight excluding hydrogens is 309 g/mol. The third-order valence-corrected chi connectivity index (χ3v) is 5.45. The minimum Gasteiger partial charge on any atom is -0.330 e. The molecule has 0 spiro atoms. The molecule has 2 N–H and O–H groups in total. The first kappa shape index (κ1) is 16.3. The molecule has 5 heteroatoms. The van der Waals surface area contributed by atoms with Crippen molar-refractivity contribution in [2.45, 2.75) is 19.4 Å². The molecule has 0 bridgehead atoms. The summed E-state index contributed by atoms with van der Waals surface area (Å²) < 4.78 is 14.2. The number of likely N-dealkylation sites (tertiary alicyclic amines) is 1. The summed E-state index contributed by atoms with van der Waals surface area (Å²) in [6.07, 6.45) is 5.87. The summed E-state index contributed by atoms with van der Waals surface area (Å²) in [5.41, 5.74) is 7.08. The molecule has 3 rings (SSSR count). The molecule has 0 unspecified atom stereocenters. The van der Waals surface area contributed by atoms with E-state index in [0.717, 1.165) is 49.6 Å². The SMILES string of the molecule is C=Cc1cccc(F)c1-c1ncc(CN2CCC(CN)CC2)s1. The first-order chi connectivity index (χ1) is 11.2. The second kappa shape index (κ2) is 7.34. The molecule has 0 aliphatic carbocycles. The summed E-state index contributed by atoms with van der Waals surface area (Å²) in [6, 6.07) is 5.04. The lowest BCUT2D eigenvalue weighted by Gasteiger charge is -2.30. The number of aromatic nitrogens is 1. The van der Waals surface area contributed by atoms with E-state index < -0.39 is 0 Å². The van der Waals surface area contributed by atoms with Crippen LogP contribution in [0.3, 0.4) is 0 Å². The highest BCUT2D eigenvalue weighted by Crippen LogP contribution is 2.32. The maximum Gasteiger partial charge on any atom is 0.134 e. The van der Waals surface area contributed by atoms with Crippen molar-refractivity contribution in [3.8, 4) is 10.6 Å². The Labute approximate surface area is 140 Å². The molecule has 1 aromatic carbocycles. The van der Waals surface area contributed by atoms with Gasteiger partial charge in [-0.05, 0) is 50.0 Å². The van der Waals surface area contributed by atoms with Gasteiger partial charge in [0.15, 0.2) is 0 Å². The van der Waals surface area contributed by atoms with Crippen LogP contribution in [0.4, 0.5) is 4.39 Å². The summed E-state index contributed by atoms with van der Waals surface area (Å²) in [5.74, 6) is 0.420. The molecule has 1 aliphatic rings. The normalized spacial score (nSPS) is 16.6. The van der Waals surface area contributed by atoms with E-state index >= 15 is 0 Å². The standard InChI is InChI=1S/C18H22FN3S/c1-2-14-4-3-5-16(19)17(14)18-21-11-15(23-18)12-22-8-6-13(10-20)7-9-22/h2-5,11,13H,1,6-10,12,20H2. The second-order valence-electron chi connectivity index (χ2n) is 6.00.